The van der Waals surface area contributed by atoms with E-state index in [4.69, 9.17) is 10.2 Å². The summed E-state index contributed by atoms with van der Waals surface area (Å²) < 4.78 is 0. The molecule has 0 fully saturated rings. The van der Waals surface area contributed by atoms with Crippen LogP contribution in [0.1, 0.15) is 38.5 Å². The largest absolute Gasteiger partial charge is 0.478 e. The highest BCUT2D eigenvalue weighted by atomic mass is 16.4. The molecule has 0 rings (SSSR count). The van der Waals surface area contributed by atoms with Crippen LogP contribution in [0.15, 0.2) is 36.5 Å². The third-order valence-corrected chi connectivity index (χ3v) is 2.24. The molecule has 0 aromatic heterocycles. The highest BCUT2D eigenvalue weighted by Crippen LogP contribution is 2.05. The van der Waals surface area contributed by atoms with Crippen LogP contribution in [0.5, 0.6) is 0 Å². The van der Waals surface area contributed by atoms with Crippen molar-refractivity contribution >= 4 is 5.97 Å². The number of hydrogen-bond acceptors (Lipinski definition) is 2. The average molecular weight is 238 g/mol. The van der Waals surface area contributed by atoms with E-state index in [-0.39, 0.29) is 0 Å². The van der Waals surface area contributed by atoms with Crippen molar-refractivity contribution in [2.75, 3.05) is 6.61 Å². The summed E-state index contributed by atoms with van der Waals surface area (Å²) in [6.07, 6.45) is 16.8. The Balaban J connectivity index is 3.33. The second-order valence-corrected chi connectivity index (χ2v) is 3.79. The molecule has 0 saturated carbocycles. The predicted molar refractivity (Wildman–Crippen MR) is 69.8 cm³/mol. The van der Waals surface area contributed by atoms with Gasteiger partial charge >= 0.3 is 5.97 Å². The number of carbonyl (C=O) groups is 1. The maximum atomic E-state index is 10.1. The fraction of sp³-hybridized carbons (Fsp3) is 0.500. The summed E-state index contributed by atoms with van der Waals surface area (Å²) in [5, 5.41) is 16.9. The summed E-state index contributed by atoms with van der Waals surface area (Å²) in [6.45, 7) is 0.300. The second kappa shape index (κ2) is 12.7. The molecule has 96 valence electrons. The highest BCUT2D eigenvalue weighted by molar-refractivity contribution is 5.80. The number of aliphatic hydroxyl groups is 1. The van der Waals surface area contributed by atoms with Crippen LogP contribution in [-0.4, -0.2) is 22.8 Å². The van der Waals surface area contributed by atoms with Crippen LogP contribution >= 0.6 is 0 Å². The van der Waals surface area contributed by atoms with Crippen molar-refractivity contribution < 1.29 is 15.0 Å². The average Bonchev–Trinajstić information content (AvgIpc) is 2.30. The standard InChI is InChI=1S/C14H22O3/c15-13-11-9-7-5-3-1-2-4-6-8-10-12-14(16)17/h2,4,6,8,10,12,15H,1,3,5,7,9,11,13H2,(H,16,17). The van der Waals surface area contributed by atoms with Crippen LogP contribution < -0.4 is 0 Å². The molecule has 0 aliphatic rings. The van der Waals surface area contributed by atoms with Gasteiger partial charge in [-0.1, -0.05) is 49.6 Å². The quantitative estimate of drug-likeness (QED) is 0.349. The molecule has 0 amide bonds. The second-order valence-electron chi connectivity index (χ2n) is 3.79. The number of rotatable bonds is 10. The molecule has 0 aromatic carbocycles. The van der Waals surface area contributed by atoms with Gasteiger partial charge in [-0.2, -0.15) is 0 Å². The van der Waals surface area contributed by atoms with Gasteiger partial charge in [0.15, 0.2) is 0 Å². The van der Waals surface area contributed by atoms with Gasteiger partial charge in [0.2, 0.25) is 0 Å². The Morgan fingerprint density at radius 3 is 2.24 bits per heavy atom. The van der Waals surface area contributed by atoms with Crippen molar-refractivity contribution in [3.63, 3.8) is 0 Å². The molecule has 3 heteroatoms. The van der Waals surface area contributed by atoms with E-state index in [0.717, 1.165) is 25.3 Å². The molecule has 0 bridgehead atoms. The van der Waals surface area contributed by atoms with Gasteiger partial charge in [0, 0.05) is 12.7 Å². The summed E-state index contributed by atoms with van der Waals surface area (Å²) in [5.74, 6) is -0.929. The number of carboxylic acids is 1. The lowest BCUT2D eigenvalue weighted by Crippen LogP contribution is -1.84. The zero-order valence-electron chi connectivity index (χ0n) is 10.2. The Hall–Kier alpha value is -1.35. The zero-order chi connectivity index (χ0) is 12.8. The van der Waals surface area contributed by atoms with E-state index in [1.807, 2.05) is 12.2 Å². The Morgan fingerprint density at radius 2 is 1.53 bits per heavy atom. The van der Waals surface area contributed by atoms with E-state index in [9.17, 15) is 4.79 Å². The van der Waals surface area contributed by atoms with Gasteiger partial charge in [0.25, 0.3) is 0 Å². The minimum atomic E-state index is -0.929. The van der Waals surface area contributed by atoms with E-state index in [0.29, 0.717) is 6.61 Å². The first-order valence-electron chi connectivity index (χ1n) is 6.11. The van der Waals surface area contributed by atoms with Crippen molar-refractivity contribution in [2.24, 2.45) is 0 Å². The minimum absolute atomic E-state index is 0.300. The van der Waals surface area contributed by atoms with Gasteiger partial charge in [-0.3, -0.25) is 0 Å². The number of hydrogen-bond donors (Lipinski definition) is 2. The smallest absolute Gasteiger partial charge is 0.328 e. The van der Waals surface area contributed by atoms with E-state index < -0.39 is 5.97 Å². The van der Waals surface area contributed by atoms with Gasteiger partial charge in [0.05, 0.1) is 0 Å². The fourth-order valence-corrected chi connectivity index (χ4v) is 1.35. The van der Waals surface area contributed by atoms with Gasteiger partial charge in [-0.25, -0.2) is 4.79 Å². The third-order valence-electron chi connectivity index (χ3n) is 2.24. The molecule has 0 spiro atoms. The zero-order valence-corrected chi connectivity index (χ0v) is 10.2. The first kappa shape index (κ1) is 15.7. The van der Waals surface area contributed by atoms with Crippen LogP contribution in [0.2, 0.25) is 0 Å². The molecule has 0 radical (unpaired) electrons. The Bertz CT molecular complexity index is 265. The molecule has 2 N–H and O–H groups in total. The van der Waals surface area contributed by atoms with Crippen molar-refractivity contribution in [1.29, 1.82) is 0 Å². The molecular weight excluding hydrogens is 216 g/mol. The van der Waals surface area contributed by atoms with Crippen molar-refractivity contribution in [3.05, 3.63) is 36.5 Å². The van der Waals surface area contributed by atoms with Crippen LogP contribution in [0, 0.1) is 0 Å². The number of aliphatic carboxylic acids is 1. The molecule has 0 unspecified atom stereocenters. The molecule has 3 nitrogen and oxygen atoms in total. The van der Waals surface area contributed by atoms with Gasteiger partial charge in [-0.15, -0.1) is 0 Å². The van der Waals surface area contributed by atoms with Crippen molar-refractivity contribution in [1.82, 2.24) is 0 Å². The minimum Gasteiger partial charge on any atom is -0.478 e. The van der Waals surface area contributed by atoms with E-state index in [1.165, 1.54) is 25.3 Å². The van der Waals surface area contributed by atoms with E-state index in [1.54, 1.807) is 6.08 Å². The highest BCUT2D eigenvalue weighted by Gasteiger charge is 1.87. The van der Waals surface area contributed by atoms with Crippen LogP contribution in [0.25, 0.3) is 0 Å². The number of allylic oxidation sites excluding steroid dienone is 5. The Kier molecular flexibility index (Phi) is 11.7. The summed E-state index contributed by atoms with van der Waals surface area (Å²) in [5.41, 5.74) is 0. The Labute approximate surface area is 103 Å². The van der Waals surface area contributed by atoms with Crippen molar-refractivity contribution in [2.45, 2.75) is 38.5 Å². The molecular formula is C14H22O3. The normalized spacial score (nSPS) is 12.1. The lowest BCUT2D eigenvalue weighted by atomic mass is 10.1. The van der Waals surface area contributed by atoms with Crippen LogP contribution in [0.4, 0.5) is 0 Å². The van der Waals surface area contributed by atoms with Gasteiger partial charge < -0.3 is 10.2 Å². The number of unbranched alkanes of at least 4 members (excludes halogenated alkanes) is 5. The summed E-state index contributed by atoms with van der Waals surface area (Å²) in [7, 11) is 0. The number of carboxylic acid groups (broad SMARTS) is 1. The lowest BCUT2D eigenvalue weighted by Gasteiger charge is -1.96. The van der Waals surface area contributed by atoms with Crippen molar-refractivity contribution in [3.8, 4) is 0 Å². The Morgan fingerprint density at radius 1 is 0.882 bits per heavy atom. The molecule has 0 heterocycles. The molecule has 17 heavy (non-hydrogen) atoms. The van der Waals surface area contributed by atoms with Gasteiger partial charge in [0.1, 0.15) is 0 Å². The summed E-state index contributed by atoms with van der Waals surface area (Å²) in [4.78, 5) is 10.1. The fourth-order valence-electron chi connectivity index (χ4n) is 1.35. The first-order valence-corrected chi connectivity index (χ1v) is 6.11. The first-order chi connectivity index (χ1) is 8.27. The van der Waals surface area contributed by atoms with Gasteiger partial charge in [-0.05, 0) is 19.3 Å². The monoisotopic (exact) mass is 238 g/mol. The lowest BCUT2D eigenvalue weighted by molar-refractivity contribution is -0.131. The molecule has 0 aromatic rings. The molecule has 0 atom stereocenters. The van der Waals surface area contributed by atoms with Crippen LogP contribution in [-0.2, 0) is 4.79 Å². The molecule has 0 saturated heterocycles. The number of aliphatic hydroxyl groups excluding tert-OH is 1. The SMILES string of the molecule is O=C(O)C=CC=CC=CCCCCCCCO. The van der Waals surface area contributed by atoms with Crippen LogP contribution in [0.3, 0.4) is 0 Å². The van der Waals surface area contributed by atoms with E-state index in [2.05, 4.69) is 6.08 Å². The topological polar surface area (TPSA) is 57.5 Å². The maximum Gasteiger partial charge on any atom is 0.328 e. The third kappa shape index (κ3) is 14.7. The van der Waals surface area contributed by atoms with E-state index >= 15 is 0 Å². The summed E-state index contributed by atoms with van der Waals surface area (Å²) >= 11 is 0. The predicted octanol–water partition coefficient (Wildman–Crippen LogP) is 3.07. The summed E-state index contributed by atoms with van der Waals surface area (Å²) in [6, 6.07) is 0. The molecule has 0 aliphatic heterocycles. The maximum absolute atomic E-state index is 10.1. The molecule has 0 aliphatic carbocycles.